The molecule has 0 spiro atoms. The normalized spacial score (nSPS) is 12.9. The number of aryl methyl sites for hydroxylation is 1. The standard InChI is InChI=1S/C29H38N6O2/c1-22(2)31-14-15-32-24(4)20-34(21-29(36)33(5)35-16-6-7-17-35)27-18-25(19-30)10-13-28(27)37-26-11-8-23(3)9-12-26/h6-13,18,22,31-32H,4,14-17,20-21H2,1-3,5H3. The van der Waals surface area contributed by atoms with Gasteiger partial charge in [0.1, 0.15) is 5.75 Å². The van der Waals surface area contributed by atoms with E-state index in [1.54, 1.807) is 30.3 Å². The van der Waals surface area contributed by atoms with Crippen molar-refractivity contribution in [2.24, 2.45) is 0 Å². The van der Waals surface area contributed by atoms with Gasteiger partial charge in [-0.05, 0) is 37.3 Å². The highest BCUT2D eigenvalue weighted by Gasteiger charge is 2.23. The van der Waals surface area contributed by atoms with Crippen molar-refractivity contribution in [3.63, 3.8) is 0 Å². The average Bonchev–Trinajstić information content (AvgIpc) is 3.42. The number of nitrogens with zero attached hydrogens (tertiary/aromatic N) is 4. The number of rotatable bonds is 13. The first-order valence-corrected chi connectivity index (χ1v) is 12.6. The predicted octanol–water partition coefficient (Wildman–Crippen LogP) is 3.81. The number of hydrogen-bond acceptors (Lipinski definition) is 7. The third kappa shape index (κ3) is 8.38. The fraction of sp³-hybridized carbons (Fsp3) is 0.379. The monoisotopic (exact) mass is 502 g/mol. The topological polar surface area (TPSA) is 83.9 Å². The molecule has 2 aromatic rings. The van der Waals surface area contributed by atoms with E-state index in [1.165, 1.54) is 0 Å². The van der Waals surface area contributed by atoms with Crippen molar-refractivity contribution in [3.05, 3.63) is 78.0 Å². The van der Waals surface area contributed by atoms with Crippen LogP contribution >= 0.6 is 0 Å². The van der Waals surface area contributed by atoms with Crippen LogP contribution in [0.5, 0.6) is 11.5 Å². The summed E-state index contributed by atoms with van der Waals surface area (Å²) in [5.41, 5.74) is 3.05. The Bertz CT molecular complexity index is 1130. The van der Waals surface area contributed by atoms with Gasteiger partial charge in [-0.25, -0.2) is 5.01 Å². The number of benzene rings is 2. The van der Waals surface area contributed by atoms with E-state index in [0.717, 1.165) is 17.8 Å². The van der Waals surface area contributed by atoms with E-state index >= 15 is 0 Å². The van der Waals surface area contributed by atoms with Crippen LogP contribution < -0.4 is 20.3 Å². The smallest absolute Gasteiger partial charge is 0.256 e. The summed E-state index contributed by atoms with van der Waals surface area (Å²) in [6.07, 6.45) is 4.09. The van der Waals surface area contributed by atoms with E-state index in [9.17, 15) is 10.1 Å². The lowest BCUT2D eigenvalue weighted by molar-refractivity contribution is -0.141. The molecule has 3 rings (SSSR count). The Labute approximate surface area is 220 Å². The van der Waals surface area contributed by atoms with Crippen LogP contribution in [0.1, 0.15) is 25.0 Å². The van der Waals surface area contributed by atoms with Gasteiger partial charge in [-0.15, -0.1) is 0 Å². The molecular weight excluding hydrogens is 464 g/mol. The van der Waals surface area contributed by atoms with Crippen molar-refractivity contribution < 1.29 is 9.53 Å². The number of anilines is 1. The Balaban J connectivity index is 1.86. The van der Waals surface area contributed by atoms with Gasteiger partial charge in [0.05, 0.1) is 30.4 Å². The third-order valence-corrected chi connectivity index (χ3v) is 6.02. The van der Waals surface area contributed by atoms with Gasteiger partial charge in [-0.2, -0.15) is 5.26 Å². The second kappa shape index (κ2) is 13.5. The van der Waals surface area contributed by atoms with Crippen molar-refractivity contribution in [2.45, 2.75) is 26.8 Å². The van der Waals surface area contributed by atoms with E-state index in [0.29, 0.717) is 55.0 Å². The Hall–Kier alpha value is -3.80. The van der Waals surface area contributed by atoms with Crippen LogP contribution in [0.4, 0.5) is 5.69 Å². The number of hydrogen-bond donors (Lipinski definition) is 2. The molecule has 0 fully saturated rings. The first-order chi connectivity index (χ1) is 17.8. The van der Waals surface area contributed by atoms with Crippen molar-refractivity contribution in [1.29, 1.82) is 5.26 Å². The van der Waals surface area contributed by atoms with Crippen LogP contribution in [0.25, 0.3) is 0 Å². The summed E-state index contributed by atoms with van der Waals surface area (Å²) >= 11 is 0. The van der Waals surface area contributed by atoms with Gasteiger partial charge in [-0.3, -0.25) is 9.80 Å². The molecule has 1 aliphatic rings. The maximum Gasteiger partial charge on any atom is 0.256 e. The SMILES string of the molecule is C=C(CN(CC(=O)N(C)N1CC=CC1)c1cc(C#N)ccc1Oc1ccc(C)cc1)NCCNC(C)C. The van der Waals surface area contributed by atoms with Crippen LogP contribution in [-0.2, 0) is 4.79 Å². The minimum Gasteiger partial charge on any atom is -0.455 e. The predicted molar refractivity (Wildman–Crippen MR) is 148 cm³/mol. The number of nitrogens with one attached hydrogen (secondary N) is 2. The summed E-state index contributed by atoms with van der Waals surface area (Å²) < 4.78 is 6.24. The zero-order chi connectivity index (χ0) is 26.8. The van der Waals surface area contributed by atoms with Crippen LogP contribution in [-0.4, -0.2) is 68.3 Å². The van der Waals surface area contributed by atoms with Crippen molar-refractivity contribution >= 4 is 11.6 Å². The molecule has 0 aromatic heterocycles. The van der Waals surface area contributed by atoms with Crippen LogP contribution in [0, 0.1) is 18.3 Å². The second-order valence-electron chi connectivity index (χ2n) is 9.46. The first kappa shape index (κ1) is 27.8. The van der Waals surface area contributed by atoms with Gasteiger partial charge in [0.25, 0.3) is 5.91 Å². The van der Waals surface area contributed by atoms with Crippen molar-refractivity contribution in [2.75, 3.05) is 51.2 Å². The highest BCUT2D eigenvalue weighted by molar-refractivity contribution is 5.82. The molecule has 0 saturated heterocycles. The second-order valence-corrected chi connectivity index (χ2v) is 9.46. The third-order valence-electron chi connectivity index (χ3n) is 6.02. The molecule has 1 aliphatic heterocycles. The number of carbonyl (C=O) groups excluding carboxylic acids is 1. The molecule has 2 aromatic carbocycles. The van der Waals surface area contributed by atoms with Crippen LogP contribution in [0.15, 0.2) is 66.9 Å². The largest absolute Gasteiger partial charge is 0.455 e. The number of hydrazine groups is 1. The zero-order valence-electron chi connectivity index (χ0n) is 22.3. The quantitative estimate of drug-likeness (QED) is 0.318. The molecule has 0 unspecified atom stereocenters. The van der Waals surface area contributed by atoms with Crippen LogP contribution in [0.2, 0.25) is 0 Å². The average molecular weight is 503 g/mol. The molecule has 0 atom stereocenters. The van der Waals surface area contributed by atoms with Gasteiger partial charge in [-0.1, -0.05) is 50.3 Å². The maximum atomic E-state index is 13.3. The Kier molecular flexibility index (Phi) is 10.1. The van der Waals surface area contributed by atoms with E-state index in [-0.39, 0.29) is 12.5 Å². The van der Waals surface area contributed by atoms with E-state index in [2.05, 4.69) is 37.1 Å². The molecule has 196 valence electrons. The summed E-state index contributed by atoms with van der Waals surface area (Å²) in [4.78, 5) is 15.3. The fourth-order valence-electron chi connectivity index (χ4n) is 3.90. The molecule has 0 saturated carbocycles. The molecular formula is C29H38N6O2. The zero-order valence-corrected chi connectivity index (χ0v) is 22.3. The fourth-order valence-corrected chi connectivity index (χ4v) is 3.90. The number of amides is 1. The molecule has 8 heteroatoms. The summed E-state index contributed by atoms with van der Waals surface area (Å²) in [5, 5.41) is 20.0. The van der Waals surface area contributed by atoms with Gasteiger partial charge < -0.3 is 20.3 Å². The molecule has 1 amide bonds. The lowest BCUT2D eigenvalue weighted by Gasteiger charge is -2.32. The van der Waals surface area contributed by atoms with E-state index in [4.69, 9.17) is 4.74 Å². The molecule has 0 aliphatic carbocycles. The van der Waals surface area contributed by atoms with Gasteiger partial charge in [0.15, 0.2) is 5.75 Å². The van der Waals surface area contributed by atoms with Crippen LogP contribution in [0.3, 0.4) is 0 Å². The minimum atomic E-state index is -0.0679. The molecule has 37 heavy (non-hydrogen) atoms. The van der Waals surface area contributed by atoms with Gasteiger partial charge >= 0.3 is 0 Å². The number of carbonyl (C=O) groups is 1. The Morgan fingerprint density at radius 3 is 2.49 bits per heavy atom. The van der Waals surface area contributed by atoms with E-state index in [1.807, 2.05) is 53.3 Å². The Morgan fingerprint density at radius 2 is 1.84 bits per heavy atom. The van der Waals surface area contributed by atoms with Gasteiger partial charge in [0.2, 0.25) is 0 Å². The van der Waals surface area contributed by atoms with E-state index < -0.39 is 0 Å². The number of likely N-dealkylation sites (N-methyl/N-ethyl adjacent to an activating group) is 1. The lowest BCUT2D eigenvalue weighted by Crippen LogP contribution is -2.47. The maximum absolute atomic E-state index is 13.3. The molecule has 0 radical (unpaired) electrons. The first-order valence-electron chi connectivity index (χ1n) is 12.6. The highest BCUT2D eigenvalue weighted by Crippen LogP contribution is 2.34. The van der Waals surface area contributed by atoms with Crippen molar-refractivity contribution in [3.8, 4) is 17.6 Å². The molecule has 8 nitrogen and oxygen atoms in total. The molecule has 2 N–H and O–H groups in total. The summed E-state index contributed by atoms with van der Waals surface area (Å²) in [6, 6.07) is 15.6. The lowest BCUT2D eigenvalue weighted by atomic mass is 10.1. The summed E-state index contributed by atoms with van der Waals surface area (Å²) in [5.74, 6) is 1.18. The summed E-state index contributed by atoms with van der Waals surface area (Å²) in [7, 11) is 1.79. The van der Waals surface area contributed by atoms with Gasteiger partial charge in [0, 0.05) is 45.0 Å². The highest BCUT2D eigenvalue weighted by atomic mass is 16.5. The Morgan fingerprint density at radius 1 is 1.14 bits per heavy atom. The number of nitriles is 1. The molecule has 0 bridgehead atoms. The minimum absolute atomic E-state index is 0.0679. The van der Waals surface area contributed by atoms with Crippen molar-refractivity contribution in [1.82, 2.24) is 20.7 Å². The number of ether oxygens (including phenoxy) is 1. The molecule has 1 heterocycles. The summed E-state index contributed by atoms with van der Waals surface area (Å²) in [6.45, 7) is 13.8.